The minimum atomic E-state index is -0.264. The maximum Gasteiger partial charge on any atom is 0.255 e. The lowest BCUT2D eigenvalue weighted by Gasteiger charge is -2.15. The lowest BCUT2D eigenvalue weighted by molar-refractivity contribution is 0.0943. The number of unbranched alkanes of at least 4 members (excludes halogenated alkanes) is 1. The summed E-state index contributed by atoms with van der Waals surface area (Å²) in [4.78, 5) is 12.0. The van der Waals surface area contributed by atoms with Crippen LogP contribution in [-0.4, -0.2) is 17.6 Å². The number of phenolic OH excluding ortho intramolecular Hbond substituents is 1. The maximum absolute atomic E-state index is 12.0. The second kappa shape index (κ2) is 7.67. The van der Waals surface area contributed by atoms with Crippen LogP contribution in [-0.2, 0) is 0 Å². The first-order chi connectivity index (χ1) is 9.10. The van der Waals surface area contributed by atoms with Crippen LogP contribution in [0.15, 0.2) is 18.2 Å². The van der Waals surface area contributed by atoms with Gasteiger partial charge in [0.1, 0.15) is 0 Å². The number of benzene rings is 1. The van der Waals surface area contributed by atoms with Gasteiger partial charge in [0.15, 0.2) is 5.75 Å². The van der Waals surface area contributed by atoms with Crippen molar-refractivity contribution in [1.29, 1.82) is 0 Å². The number of nitrogens with one attached hydrogen (secondary N) is 1. The molecule has 1 atom stereocenters. The molecule has 4 heteroatoms. The topological polar surface area (TPSA) is 75.4 Å². The van der Waals surface area contributed by atoms with Gasteiger partial charge in [-0.05, 0) is 24.5 Å². The summed E-state index contributed by atoms with van der Waals surface area (Å²) in [5.74, 6) is 0.0912. The fourth-order valence-corrected chi connectivity index (χ4v) is 2.02. The molecule has 4 nitrogen and oxygen atoms in total. The van der Waals surface area contributed by atoms with Crippen molar-refractivity contribution in [1.82, 2.24) is 5.32 Å². The summed E-state index contributed by atoms with van der Waals surface area (Å²) in [5, 5.41) is 12.6. The third kappa shape index (κ3) is 4.47. The van der Waals surface area contributed by atoms with Crippen LogP contribution in [0.5, 0.6) is 5.75 Å². The number of carbonyl (C=O) groups is 1. The van der Waals surface area contributed by atoms with Gasteiger partial charge in [-0.1, -0.05) is 39.2 Å². The smallest absolute Gasteiger partial charge is 0.255 e. The molecule has 1 aromatic rings. The second-order valence-corrected chi connectivity index (χ2v) is 4.87. The minimum Gasteiger partial charge on any atom is -0.505 e. The number of carbonyl (C=O) groups excluding carboxylic acids is 1. The zero-order valence-electron chi connectivity index (χ0n) is 11.8. The molecule has 0 radical (unpaired) electrons. The lowest BCUT2D eigenvalue weighted by Crippen LogP contribution is -2.29. The Balaban J connectivity index is 2.57. The number of nitrogen functional groups attached to an aromatic ring is 1. The molecule has 0 aliphatic rings. The number of anilines is 1. The summed E-state index contributed by atoms with van der Waals surface area (Å²) in [6.07, 6.45) is 4.51. The maximum atomic E-state index is 12.0. The van der Waals surface area contributed by atoms with Gasteiger partial charge in [0.2, 0.25) is 0 Å². The van der Waals surface area contributed by atoms with Crippen molar-refractivity contribution in [3.63, 3.8) is 0 Å². The van der Waals surface area contributed by atoms with Crippen molar-refractivity contribution >= 4 is 11.6 Å². The molecular weight excluding hydrogens is 240 g/mol. The Kier molecular flexibility index (Phi) is 6.19. The normalized spacial score (nSPS) is 12.1. The predicted octanol–water partition coefficient (Wildman–Crippen LogP) is 2.92. The van der Waals surface area contributed by atoms with E-state index in [1.807, 2.05) is 0 Å². The van der Waals surface area contributed by atoms with Crippen molar-refractivity contribution in [2.24, 2.45) is 5.92 Å². The highest BCUT2D eigenvalue weighted by molar-refractivity contribution is 5.98. The van der Waals surface area contributed by atoms with Gasteiger partial charge in [-0.25, -0.2) is 0 Å². The summed E-state index contributed by atoms with van der Waals surface area (Å²) in [6.45, 7) is 4.93. The number of para-hydroxylation sites is 1. The van der Waals surface area contributed by atoms with Gasteiger partial charge in [0.05, 0.1) is 11.3 Å². The molecule has 1 aromatic carbocycles. The molecule has 0 aliphatic heterocycles. The van der Waals surface area contributed by atoms with Gasteiger partial charge in [-0.15, -0.1) is 0 Å². The minimum absolute atomic E-state index is 0.137. The summed E-state index contributed by atoms with van der Waals surface area (Å²) in [5.41, 5.74) is 6.04. The number of amides is 1. The molecule has 0 heterocycles. The molecule has 19 heavy (non-hydrogen) atoms. The highest BCUT2D eigenvalue weighted by Crippen LogP contribution is 2.24. The summed E-state index contributed by atoms with van der Waals surface area (Å²) >= 11 is 0. The van der Waals surface area contributed by atoms with Crippen LogP contribution in [0.3, 0.4) is 0 Å². The largest absolute Gasteiger partial charge is 0.505 e. The Labute approximate surface area is 115 Å². The number of rotatable bonds is 7. The van der Waals surface area contributed by atoms with Crippen molar-refractivity contribution in [2.45, 2.75) is 39.5 Å². The van der Waals surface area contributed by atoms with E-state index in [0.29, 0.717) is 12.5 Å². The standard InChI is InChI=1S/C15H24N2O2/c1-3-5-7-11(4-2)10-17-15(19)12-8-6-9-13(16)14(12)18/h6,8-9,11,18H,3-5,7,10,16H2,1-2H3,(H,17,19). The van der Waals surface area contributed by atoms with E-state index >= 15 is 0 Å². The van der Waals surface area contributed by atoms with Crippen LogP contribution in [0.4, 0.5) is 5.69 Å². The molecule has 0 fully saturated rings. The quantitative estimate of drug-likeness (QED) is 0.523. The number of hydrogen-bond donors (Lipinski definition) is 3. The monoisotopic (exact) mass is 264 g/mol. The van der Waals surface area contributed by atoms with Crippen LogP contribution < -0.4 is 11.1 Å². The average molecular weight is 264 g/mol. The van der Waals surface area contributed by atoms with Gasteiger partial charge in [0, 0.05) is 6.54 Å². The zero-order chi connectivity index (χ0) is 14.3. The highest BCUT2D eigenvalue weighted by atomic mass is 16.3. The fraction of sp³-hybridized carbons (Fsp3) is 0.533. The Hall–Kier alpha value is -1.71. The van der Waals surface area contributed by atoms with E-state index in [1.54, 1.807) is 18.2 Å². The molecular formula is C15H24N2O2. The van der Waals surface area contributed by atoms with Crippen LogP contribution >= 0.6 is 0 Å². The van der Waals surface area contributed by atoms with Gasteiger partial charge in [-0.2, -0.15) is 0 Å². The van der Waals surface area contributed by atoms with E-state index in [1.165, 1.54) is 12.8 Å². The van der Waals surface area contributed by atoms with Crippen LogP contribution in [0.2, 0.25) is 0 Å². The Morgan fingerprint density at radius 1 is 1.42 bits per heavy atom. The van der Waals surface area contributed by atoms with Crippen LogP contribution in [0.1, 0.15) is 49.9 Å². The van der Waals surface area contributed by atoms with Gasteiger partial charge >= 0.3 is 0 Å². The summed E-state index contributed by atoms with van der Waals surface area (Å²) in [6, 6.07) is 4.81. The Morgan fingerprint density at radius 2 is 2.16 bits per heavy atom. The number of phenols is 1. The predicted molar refractivity (Wildman–Crippen MR) is 78.2 cm³/mol. The molecule has 1 rings (SSSR count). The summed E-state index contributed by atoms with van der Waals surface area (Å²) < 4.78 is 0. The van der Waals surface area contributed by atoms with Crippen molar-refractivity contribution in [3.05, 3.63) is 23.8 Å². The molecule has 1 unspecified atom stereocenters. The van der Waals surface area contributed by atoms with E-state index in [-0.39, 0.29) is 22.9 Å². The van der Waals surface area contributed by atoms with Crippen molar-refractivity contribution in [2.75, 3.05) is 12.3 Å². The third-order valence-corrected chi connectivity index (χ3v) is 3.41. The van der Waals surface area contributed by atoms with Crippen molar-refractivity contribution < 1.29 is 9.90 Å². The molecule has 1 amide bonds. The van der Waals surface area contributed by atoms with Gasteiger partial charge in [0.25, 0.3) is 5.91 Å². The van der Waals surface area contributed by atoms with Gasteiger partial charge in [-0.3, -0.25) is 4.79 Å². The molecule has 0 saturated heterocycles. The number of nitrogens with two attached hydrogens (primary N) is 1. The Morgan fingerprint density at radius 3 is 2.79 bits per heavy atom. The van der Waals surface area contributed by atoms with E-state index in [2.05, 4.69) is 19.2 Å². The first-order valence-electron chi connectivity index (χ1n) is 6.95. The first-order valence-corrected chi connectivity index (χ1v) is 6.95. The first kappa shape index (κ1) is 15.3. The zero-order valence-corrected chi connectivity index (χ0v) is 11.8. The highest BCUT2D eigenvalue weighted by Gasteiger charge is 2.14. The molecule has 0 saturated carbocycles. The summed E-state index contributed by atoms with van der Waals surface area (Å²) in [7, 11) is 0. The van der Waals surface area contributed by atoms with Crippen molar-refractivity contribution in [3.8, 4) is 5.75 Å². The second-order valence-electron chi connectivity index (χ2n) is 4.87. The molecule has 0 aromatic heterocycles. The van der Waals surface area contributed by atoms with Gasteiger partial charge < -0.3 is 16.2 Å². The SMILES string of the molecule is CCCCC(CC)CNC(=O)c1cccc(N)c1O. The van der Waals surface area contributed by atoms with E-state index in [9.17, 15) is 9.90 Å². The average Bonchev–Trinajstić information content (AvgIpc) is 2.42. The van der Waals surface area contributed by atoms with Crippen LogP contribution in [0, 0.1) is 5.92 Å². The lowest BCUT2D eigenvalue weighted by atomic mass is 9.99. The number of hydrogen-bond acceptors (Lipinski definition) is 3. The number of aromatic hydroxyl groups is 1. The molecule has 4 N–H and O–H groups in total. The van der Waals surface area contributed by atoms with E-state index in [0.717, 1.165) is 12.8 Å². The molecule has 106 valence electrons. The molecule has 0 bridgehead atoms. The fourth-order valence-electron chi connectivity index (χ4n) is 2.02. The Bertz CT molecular complexity index is 419. The van der Waals surface area contributed by atoms with E-state index < -0.39 is 0 Å². The van der Waals surface area contributed by atoms with E-state index in [4.69, 9.17) is 5.73 Å². The molecule has 0 aliphatic carbocycles. The molecule has 0 spiro atoms. The third-order valence-electron chi connectivity index (χ3n) is 3.41. The van der Waals surface area contributed by atoms with Crippen LogP contribution in [0.25, 0.3) is 0 Å².